The van der Waals surface area contributed by atoms with Crippen LogP contribution in [0.1, 0.15) is 24.9 Å². The number of rotatable bonds is 6. The van der Waals surface area contributed by atoms with Gasteiger partial charge in [-0.25, -0.2) is 0 Å². The molecule has 1 amide bonds. The molecule has 0 aliphatic rings. The summed E-state index contributed by atoms with van der Waals surface area (Å²) in [5.41, 5.74) is 1.15. The Labute approximate surface area is 145 Å². The maximum absolute atomic E-state index is 12.5. The molecule has 0 aliphatic heterocycles. The molecule has 0 bridgehead atoms. The van der Waals surface area contributed by atoms with Crippen LogP contribution in [0.4, 0.5) is 5.82 Å². The zero-order chi connectivity index (χ0) is 16.9. The third-order valence-electron chi connectivity index (χ3n) is 3.66. The van der Waals surface area contributed by atoms with Crippen LogP contribution >= 0.6 is 11.6 Å². The highest BCUT2D eigenvalue weighted by Gasteiger charge is 2.20. The molecule has 1 unspecified atom stereocenters. The Morgan fingerprint density at radius 2 is 2.08 bits per heavy atom. The largest absolute Gasteiger partial charge is 0.307 e. The van der Waals surface area contributed by atoms with Gasteiger partial charge in [-0.3, -0.25) is 14.2 Å². The minimum absolute atomic E-state index is 0.165. The molecule has 0 spiro atoms. The van der Waals surface area contributed by atoms with Gasteiger partial charge in [0.1, 0.15) is 6.04 Å². The first kappa shape index (κ1) is 16.3. The summed E-state index contributed by atoms with van der Waals surface area (Å²) in [7, 11) is 0. The molecule has 0 radical (unpaired) electrons. The van der Waals surface area contributed by atoms with Gasteiger partial charge in [-0.1, -0.05) is 48.9 Å². The summed E-state index contributed by atoms with van der Waals surface area (Å²) in [6.45, 7) is 2.58. The van der Waals surface area contributed by atoms with Gasteiger partial charge in [-0.15, -0.1) is 0 Å². The summed E-state index contributed by atoms with van der Waals surface area (Å²) in [6.07, 6.45) is 5.61. The molecular weight excluding hydrogens is 326 g/mol. The summed E-state index contributed by atoms with van der Waals surface area (Å²) in [5.74, 6) is 0.356. The Morgan fingerprint density at radius 3 is 2.75 bits per heavy atom. The number of hydrogen-bond donors (Lipinski definition) is 1. The van der Waals surface area contributed by atoms with Gasteiger partial charge < -0.3 is 5.32 Å². The SMILES string of the molecule is CCC(C(=O)Nc1ccn(Cc2ccccc2)n1)n1cc(Cl)cn1. The third-order valence-corrected chi connectivity index (χ3v) is 3.85. The van der Waals surface area contributed by atoms with Crippen LogP contribution in [0.25, 0.3) is 0 Å². The van der Waals surface area contributed by atoms with Crippen LogP contribution in [0.15, 0.2) is 55.0 Å². The number of benzene rings is 1. The highest BCUT2D eigenvalue weighted by Crippen LogP contribution is 2.16. The minimum Gasteiger partial charge on any atom is -0.307 e. The van der Waals surface area contributed by atoms with Crippen LogP contribution < -0.4 is 5.32 Å². The third kappa shape index (κ3) is 3.83. The lowest BCUT2D eigenvalue weighted by molar-refractivity contribution is -0.119. The number of nitrogens with one attached hydrogen (secondary N) is 1. The smallest absolute Gasteiger partial charge is 0.250 e. The molecular formula is C17H18ClN5O. The predicted molar refractivity (Wildman–Crippen MR) is 93.0 cm³/mol. The molecule has 124 valence electrons. The lowest BCUT2D eigenvalue weighted by Gasteiger charge is -2.14. The minimum atomic E-state index is -0.420. The van der Waals surface area contributed by atoms with E-state index in [4.69, 9.17) is 11.6 Å². The van der Waals surface area contributed by atoms with Gasteiger partial charge in [-0.05, 0) is 12.0 Å². The predicted octanol–water partition coefficient (Wildman–Crippen LogP) is 3.37. The quantitative estimate of drug-likeness (QED) is 0.746. The van der Waals surface area contributed by atoms with Crippen molar-refractivity contribution in [2.45, 2.75) is 25.9 Å². The van der Waals surface area contributed by atoms with Gasteiger partial charge in [0.05, 0.1) is 17.8 Å². The lowest BCUT2D eigenvalue weighted by Crippen LogP contribution is -2.26. The Balaban J connectivity index is 1.66. The van der Waals surface area contributed by atoms with E-state index >= 15 is 0 Å². The van der Waals surface area contributed by atoms with E-state index in [0.717, 1.165) is 5.56 Å². The molecule has 2 heterocycles. The van der Waals surface area contributed by atoms with Gasteiger partial charge in [0.25, 0.3) is 0 Å². The second kappa shape index (κ2) is 7.31. The number of anilines is 1. The standard InChI is InChI=1S/C17H18ClN5O/c1-2-15(23-12-14(18)10-19-23)17(24)20-16-8-9-22(21-16)11-13-6-4-3-5-7-13/h3-10,12,15H,2,11H2,1H3,(H,20,21,24). The highest BCUT2D eigenvalue weighted by atomic mass is 35.5. The summed E-state index contributed by atoms with van der Waals surface area (Å²) < 4.78 is 3.36. The summed E-state index contributed by atoms with van der Waals surface area (Å²) in [5, 5.41) is 11.8. The van der Waals surface area contributed by atoms with E-state index in [0.29, 0.717) is 23.8 Å². The molecule has 1 aromatic carbocycles. The van der Waals surface area contributed by atoms with Crippen molar-refractivity contribution in [2.24, 2.45) is 0 Å². The zero-order valence-corrected chi connectivity index (χ0v) is 14.0. The van der Waals surface area contributed by atoms with Crippen molar-refractivity contribution in [3.05, 3.63) is 65.6 Å². The van der Waals surface area contributed by atoms with E-state index in [1.54, 1.807) is 21.6 Å². The van der Waals surface area contributed by atoms with Crippen molar-refractivity contribution in [1.82, 2.24) is 19.6 Å². The summed E-state index contributed by atoms with van der Waals surface area (Å²) in [6, 6.07) is 11.4. The van der Waals surface area contributed by atoms with E-state index in [9.17, 15) is 4.79 Å². The van der Waals surface area contributed by atoms with Gasteiger partial charge in [0.15, 0.2) is 5.82 Å². The molecule has 24 heavy (non-hydrogen) atoms. The Hall–Kier alpha value is -2.60. The molecule has 6 nitrogen and oxygen atoms in total. The second-order valence-electron chi connectivity index (χ2n) is 5.44. The molecule has 0 saturated heterocycles. The first-order valence-electron chi connectivity index (χ1n) is 7.73. The van der Waals surface area contributed by atoms with Crippen molar-refractivity contribution in [3.63, 3.8) is 0 Å². The van der Waals surface area contributed by atoms with Crippen LogP contribution in [0.2, 0.25) is 5.02 Å². The first-order valence-corrected chi connectivity index (χ1v) is 8.11. The van der Waals surface area contributed by atoms with Gasteiger partial charge >= 0.3 is 0 Å². The van der Waals surface area contributed by atoms with Crippen molar-refractivity contribution in [1.29, 1.82) is 0 Å². The summed E-state index contributed by atoms with van der Waals surface area (Å²) in [4.78, 5) is 12.5. The molecule has 7 heteroatoms. The molecule has 3 rings (SSSR count). The van der Waals surface area contributed by atoms with E-state index in [-0.39, 0.29) is 5.91 Å². The Kier molecular flexibility index (Phi) is 4.96. The van der Waals surface area contributed by atoms with Crippen LogP contribution in [-0.2, 0) is 11.3 Å². The molecule has 2 aromatic heterocycles. The number of halogens is 1. The summed E-state index contributed by atoms with van der Waals surface area (Å²) >= 11 is 5.88. The van der Waals surface area contributed by atoms with Gasteiger partial charge in [-0.2, -0.15) is 10.2 Å². The van der Waals surface area contributed by atoms with Gasteiger partial charge in [0, 0.05) is 18.5 Å². The maximum atomic E-state index is 12.5. The average molecular weight is 344 g/mol. The molecule has 1 N–H and O–H groups in total. The lowest BCUT2D eigenvalue weighted by atomic mass is 10.2. The normalized spacial score (nSPS) is 12.1. The number of nitrogens with zero attached hydrogens (tertiary/aromatic N) is 4. The first-order chi connectivity index (χ1) is 11.7. The fourth-order valence-electron chi connectivity index (χ4n) is 2.47. The fourth-order valence-corrected chi connectivity index (χ4v) is 2.62. The Morgan fingerprint density at radius 1 is 1.29 bits per heavy atom. The van der Waals surface area contributed by atoms with E-state index in [2.05, 4.69) is 15.5 Å². The molecule has 3 aromatic rings. The topological polar surface area (TPSA) is 64.7 Å². The molecule has 0 aliphatic carbocycles. The second-order valence-corrected chi connectivity index (χ2v) is 5.87. The van der Waals surface area contributed by atoms with Crippen molar-refractivity contribution >= 4 is 23.3 Å². The fraction of sp³-hybridized carbons (Fsp3) is 0.235. The number of amides is 1. The number of hydrogen-bond acceptors (Lipinski definition) is 3. The van der Waals surface area contributed by atoms with Crippen molar-refractivity contribution in [3.8, 4) is 0 Å². The van der Waals surface area contributed by atoms with Crippen LogP contribution in [-0.4, -0.2) is 25.5 Å². The monoisotopic (exact) mass is 343 g/mol. The van der Waals surface area contributed by atoms with Crippen LogP contribution in [0.3, 0.4) is 0 Å². The number of carbonyl (C=O) groups is 1. The zero-order valence-electron chi connectivity index (χ0n) is 13.3. The van der Waals surface area contributed by atoms with E-state index < -0.39 is 6.04 Å². The number of aromatic nitrogens is 4. The maximum Gasteiger partial charge on any atom is 0.250 e. The highest BCUT2D eigenvalue weighted by molar-refractivity contribution is 6.30. The molecule has 1 atom stereocenters. The van der Waals surface area contributed by atoms with Gasteiger partial charge in [0.2, 0.25) is 5.91 Å². The molecule has 0 saturated carbocycles. The van der Waals surface area contributed by atoms with E-state index in [1.165, 1.54) is 6.20 Å². The number of carbonyl (C=O) groups excluding carboxylic acids is 1. The van der Waals surface area contributed by atoms with Crippen molar-refractivity contribution in [2.75, 3.05) is 5.32 Å². The van der Waals surface area contributed by atoms with E-state index in [1.807, 2.05) is 43.5 Å². The van der Waals surface area contributed by atoms with Crippen molar-refractivity contribution < 1.29 is 4.79 Å². The Bertz CT molecular complexity index is 811. The van der Waals surface area contributed by atoms with Crippen LogP contribution in [0.5, 0.6) is 0 Å². The molecule has 0 fully saturated rings. The average Bonchev–Trinajstić information content (AvgIpc) is 3.18. The van der Waals surface area contributed by atoms with Crippen LogP contribution in [0, 0.1) is 0 Å².